The maximum Gasteiger partial charge on any atom is 0.281 e. The third kappa shape index (κ3) is 2.05. The zero-order valence-electron chi connectivity index (χ0n) is 12.2. The molecule has 1 aromatic heterocycles. The Morgan fingerprint density at radius 1 is 1.08 bits per heavy atom. The van der Waals surface area contributed by atoms with Gasteiger partial charge in [-0.25, -0.2) is 9.99 Å². The Labute approximate surface area is 140 Å². The predicted octanol–water partition coefficient (Wildman–Crippen LogP) is 3.02. The smallest absolute Gasteiger partial charge is 0.281 e. The average Bonchev–Trinajstić information content (AvgIpc) is 2.63. The van der Waals surface area contributed by atoms with E-state index in [1.165, 1.54) is 9.69 Å². The summed E-state index contributed by atoms with van der Waals surface area (Å²) in [4.78, 5) is 17.5. The van der Waals surface area contributed by atoms with Gasteiger partial charge in [0.05, 0.1) is 16.6 Å². The third-order valence-corrected chi connectivity index (χ3v) is 4.55. The Balaban J connectivity index is 2.08. The minimum atomic E-state index is -0.310. The number of aliphatic hydroxyl groups is 1. The number of allylic oxidation sites excluding steroid dienone is 1. The Bertz CT molecular complexity index is 1080. The van der Waals surface area contributed by atoms with Crippen LogP contribution in [0.15, 0.2) is 75.3 Å². The molecule has 6 nitrogen and oxygen atoms in total. The number of aromatic nitrogens is 2. The summed E-state index contributed by atoms with van der Waals surface area (Å²) in [7, 11) is 0. The summed E-state index contributed by atoms with van der Waals surface area (Å²) < 4.78 is 1.29. The molecule has 24 heavy (non-hydrogen) atoms. The first-order valence-electron chi connectivity index (χ1n) is 7.09. The van der Waals surface area contributed by atoms with E-state index in [1.54, 1.807) is 48.5 Å². The van der Waals surface area contributed by atoms with Crippen molar-refractivity contribution >= 4 is 28.4 Å². The van der Waals surface area contributed by atoms with Crippen molar-refractivity contribution in [3.05, 3.63) is 75.7 Å². The van der Waals surface area contributed by atoms with Crippen molar-refractivity contribution in [2.75, 3.05) is 5.01 Å². The highest BCUT2D eigenvalue weighted by Gasteiger charge is 2.30. The Morgan fingerprint density at radius 2 is 1.79 bits per heavy atom. The molecular weight excluding hydrogens is 324 g/mol. The van der Waals surface area contributed by atoms with E-state index in [0.717, 1.165) is 11.8 Å². The quantitative estimate of drug-likeness (QED) is 0.689. The van der Waals surface area contributed by atoms with Gasteiger partial charge >= 0.3 is 0 Å². The van der Waals surface area contributed by atoms with E-state index in [-0.39, 0.29) is 16.3 Å². The van der Waals surface area contributed by atoms with Crippen molar-refractivity contribution in [3.63, 3.8) is 0 Å². The van der Waals surface area contributed by atoms with Crippen LogP contribution >= 0.6 is 11.8 Å². The van der Waals surface area contributed by atoms with Gasteiger partial charge < -0.3 is 5.11 Å². The van der Waals surface area contributed by atoms with Gasteiger partial charge in [-0.15, -0.1) is 0 Å². The number of thioether (sulfide) groups is 1. The molecule has 0 saturated heterocycles. The fourth-order valence-corrected chi connectivity index (χ4v) is 3.35. The second kappa shape index (κ2) is 5.44. The predicted molar refractivity (Wildman–Crippen MR) is 91.4 cm³/mol. The molecule has 7 heteroatoms. The number of aliphatic hydroxyl groups excluding tert-OH is 1. The van der Waals surface area contributed by atoms with Crippen molar-refractivity contribution in [3.8, 4) is 6.07 Å². The molecule has 4 rings (SSSR count). The van der Waals surface area contributed by atoms with Crippen LogP contribution in [0.5, 0.6) is 0 Å². The van der Waals surface area contributed by atoms with Gasteiger partial charge in [-0.2, -0.15) is 9.94 Å². The van der Waals surface area contributed by atoms with Crippen molar-refractivity contribution in [1.29, 1.82) is 5.26 Å². The number of nitrogens with zero attached hydrogens (tertiary/aromatic N) is 4. The van der Waals surface area contributed by atoms with Gasteiger partial charge in [-0.05, 0) is 36.0 Å². The molecule has 1 aliphatic rings. The number of rotatable bonds is 1. The summed E-state index contributed by atoms with van der Waals surface area (Å²) >= 11 is 0.971. The molecular formula is C17H10N4O2S. The van der Waals surface area contributed by atoms with Gasteiger partial charge in [0, 0.05) is 0 Å². The second-order valence-corrected chi connectivity index (χ2v) is 6.02. The largest absolute Gasteiger partial charge is 0.492 e. The summed E-state index contributed by atoms with van der Waals surface area (Å²) in [6.45, 7) is 0. The molecule has 0 saturated carbocycles. The fraction of sp³-hybridized carbons (Fsp3) is 0. The molecule has 0 spiro atoms. The zero-order chi connectivity index (χ0) is 16.7. The summed E-state index contributed by atoms with van der Waals surface area (Å²) in [5, 5.41) is 21.9. The Hall–Kier alpha value is -3.24. The van der Waals surface area contributed by atoms with E-state index in [9.17, 15) is 15.2 Å². The van der Waals surface area contributed by atoms with Crippen molar-refractivity contribution in [2.24, 2.45) is 0 Å². The second-order valence-electron chi connectivity index (χ2n) is 5.04. The molecule has 2 aromatic carbocycles. The van der Waals surface area contributed by atoms with E-state index >= 15 is 0 Å². The van der Waals surface area contributed by atoms with Gasteiger partial charge in [0.25, 0.3) is 5.56 Å². The topological polar surface area (TPSA) is 82.2 Å². The number of para-hydroxylation sites is 2. The normalized spacial score (nSPS) is 13.7. The lowest BCUT2D eigenvalue weighted by molar-refractivity contribution is 0.364. The lowest BCUT2D eigenvalue weighted by Crippen LogP contribution is -2.42. The van der Waals surface area contributed by atoms with Crippen LogP contribution in [0.1, 0.15) is 0 Å². The molecule has 0 amide bonds. The van der Waals surface area contributed by atoms with Crippen molar-refractivity contribution < 1.29 is 5.11 Å². The number of nitriles is 1. The summed E-state index contributed by atoms with van der Waals surface area (Å²) in [5.74, 6) is -0.291. The van der Waals surface area contributed by atoms with Crippen molar-refractivity contribution in [1.82, 2.24) is 9.66 Å². The van der Waals surface area contributed by atoms with Crippen LogP contribution in [-0.4, -0.2) is 14.8 Å². The minimum Gasteiger partial charge on any atom is -0.492 e. The molecule has 0 aliphatic carbocycles. The van der Waals surface area contributed by atoms with Crippen LogP contribution < -0.4 is 10.6 Å². The minimum absolute atomic E-state index is 0.0843. The van der Waals surface area contributed by atoms with Crippen LogP contribution in [0.2, 0.25) is 0 Å². The number of fused-ring (bicyclic) bond motifs is 2. The lowest BCUT2D eigenvalue weighted by atomic mass is 10.2. The fourth-order valence-electron chi connectivity index (χ4n) is 2.55. The van der Waals surface area contributed by atoms with Gasteiger partial charge in [0.2, 0.25) is 5.88 Å². The maximum atomic E-state index is 12.9. The standard InChI is InChI=1S/C17H10N4O2S/c18-10-14-16(23)20(11-6-2-1-3-7-11)21-15(22)12-8-4-5-9-13(12)19-17(21)24-14/h1-9,23H. The number of anilines is 1. The van der Waals surface area contributed by atoms with Crippen LogP contribution in [0.3, 0.4) is 0 Å². The summed E-state index contributed by atoms with van der Waals surface area (Å²) in [5.41, 5.74) is 0.798. The van der Waals surface area contributed by atoms with E-state index < -0.39 is 0 Å². The molecule has 2 heterocycles. The van der Waals surface area contributed by atoms with Crippen LogP contribution in [-0.2, 0) is 0 Å². The third-order valence-electron chi connectivity index (χ3n) is 3.62. The first-order chi connectivity index (χ1) is 11.7. The number of hydrogen-bond donors (Lipinski definition) is 1. The highest BCUT2D eigenvalue weighted by atomic mass is 32.2. The highest BCUT2D eigenvalue weighted by molar-refractivity contribution is 8.03. The average molecular weight is 334 g/mol. The number of hydrogen-bond acceptors (Lipinski definition) is 6. The van der Waals surface area contributed by atoms with E-state index in [2.05, 4.69) is 4.98 Å². The maximum absolute atomic E-state index is 12.9. The van der Waals surface area contributed by atoms with E-state index in [1.807, 2.05) is 12.1 Å². The SMILES string of the molecule is N#CC1=C(O)N(c2ccccc2)n2c(nc3ccccc3c2=O)S1. The molecule has 1 N–H and O–H groups in total. The van der Waals surface area contributed by atoms with Gasteiger partial charge in [-0.1, -0.05) is 30.3 Å². The van der Waals surface area contributed by atoms with Gasteiger partial charge in [0.15, 0.2) is 10.1 Å². The molecule has 0 atom stereocenters. The molecule has 0 unspecified atom stereocenters. The summed E-state index contributed by atoms with van der Waals surface area (Å²) in [6, 6.07) is 17.8. The molecule has 0 bridgehead atoms. The Morgan fingerprint density at radius 3 is 2.54 bits per heavy atom. The van der Waals surface area contributed by atoms with Crippen molar-refractivity contribution in [2.45, 2.75) is 5.16 Å². The van der Waals surface area contributed by atoms with E-state index in [0.29, 0.717) is 21.7 Å². The Kier molecular flexibility index (Phi) is 3.25. The van der Waals surface area contributed by atoms with E-state index in [4.69, 9.17) is 0 Å². The molecule has 0 radical (unpaired) electrons. The summed E-state index contributed by atoms with van der Waals surface area (Å²) in [6.07, 6.45) is 0. The first-order valence-corrected chi connectivity index (χ1v) is 7.91. The van der Waals surface area contributed by atoms with Crippen LogP contribution in [0, 0.1) is 11.3 Å². The highest BCUT2D eigenvalue weighted by Crippen LogP contribution is 2.35. The molecule has 3 aromatic rings. The van der Waals surface area contributed by atoms with Gasteiger partial charge in [-0.3, -0.25) is 4.79 Å². The monoisotopic (exact) mass is 334 g/mol. The molecule has 0 fully saturated rings. The first kappa shape index (κ1) is 14.4. The van der Waals surface area contributed by atoms with Crippen LogP contribution in [0.4, 0.5) is 5.69 Å². The number of benzene rings is 2. The molecule has 1 aliphatic heterocycles. The van der Waals surface area contributed by atoms with Gasteiger partial charge in [0.1, 0.15) is 6.07 Å². The zero-order valence-corrected chi connectivity index (χ0v) is 13.1. The van der Waals surface area contributed by atoms with Crippen LogP contribution in [0.25, 0.3) is 10.9 Å². The lowest BCUT2D eigenvalue weighted by Gasteiger charge is -2.30. The molecule has 116 valence electrons.